The first-order valence-corrected chi connectivity index (χ1v) is 6.25. The molecule has 0 fully saturated rings. The molecule has 2 unspecified atom stereocenters. The van der Waals surface area contributed by atoms with Gasteiger partial charge in [0.2, 0.25) is 0 Å². The van der Waals surface area contributed by atoms with Gasteiger partial charge in [-0.2, -0.15) is 0 Å². The van der Waals surface area contributed by atoms with Gasteiger partial charge in [0.25, 0.3) is 0 Å². The highest BCUT2D eigenvalue weighted by molar-refractivity contribution is 7.07. The number of aliphatic hydroxyl groups excluding tert-OH is 3. The zero-order chi connectivity index (χ0) is 13.1. The van der Waals surface area contributed by atoms with Crippen molar-refractivity contribution in [1.29, 1.82) is 0 Å². The molecular formula is C12H13NO4S. The van der Waals surface area contributed by atoms with Crippen LogP contribution in [0, 0.1) is 0 Å². The Morgan fingerprint density at radius 3 is 2.39 bits per heavy atom. The molecule has 5 nitrogen and oxygen atoms in total. The van der Waals surface area contributed by atoms with E-state index in [9.17, 15) is 15.0 Å². The standard InChI is InChI=1S/C12H13NO4S/c14-5-10(15)11(16)8-3-1-7(2-4-8)9-6-18-12(17)13-9/h1-4,6,10-11,14-16H,5H2,(H,13,17). The van der Waals surface area contributed by atoms with Crippen LogP contribution < -0.4 is 4.87 Å². The molecular weight excluding hydrogens is 254 g/mol. The van der Waals surface area contributed by atoms with Crippen LogP contribution >= 0.6 is 11.3 Å². The number of rotatable bonds is 4. The highest BCUT2D eigenvalue weighted by Gasteiger charge is 2.17. The summed E-state index contributed by atoms with van der Waals surface area (Å²) in [6.45, 7) is -0.499. The third-order valence-corrected chi connectivity index (χ3v) is 3.30. The minimum atomic E-state index is -1.20. The maximum absolute atomic E-state index is 11.0. The van der Waals surface area contributed by atoms with Crippen LogP contribution in [0.3, 0.4) is 0 Å². The van der Waals surface area contributed by atoms with Crippen molar-refractivity contribution < 1.29 is 15.3 Å². The van der Waals surface area contributed by atoms with E-state index in [1.54, 1.807) is 29.6 Å². The molecule has 1 aromatic carbocycles. The summed E-state index contributed by atoms with van der Waals surface area (Å²) in [5, 5.41) is 29.5. The Labute approximate surface area is 107 Å². The van der Waals surface area contributed by atoms with Crippen LogP contribution in [-0.2, 0) is 0 Å². The van der Waals surface area contributed by atoms with Gasteiger partial charge in [-0.15, -0.1) is 0 Å². The van der Waals surface area contributed by atoms with Gasteiger partial charge in [0.15, 0.2) is 0 Å². The zero-order valence-corrected chi connectivity index (χ0v) is 10.2. The minimum Gasteiger partial charge on any atom is -0.394 e. The third-order valence-electron chi connectivity index (χ3n) is 2.64. The van der Waals surface area contributed by atoms with E-state index >= 15 is 0 Å². The first kappa shape index (κ1) is 13.0. The lowest BCUT2D eigenvalue weighted by Crippen LogP contribution is -2.21. The SMILES string of the molecule is O=c1[nH]c(-c2ccc(C(O)C(O)CO)cc2)cs1. The third kappa shape index (κ3) is 2.68. The summed E-state index contributed by atoms with van der Waals surface area (Å²) in [4.78, 5) is 13.6. The largest absolute Gasteiger partial charge is 0.394 e. The highest BCUT2D eigenvalue weighted by atomic mass is 32.1. The number of H-pyrrole nitrogens is 1. The Balaban J connectivity index is 2.22. The smallest absolute Gasteiger partial charge is 0.304 e. The second-order valence-electron chi connectivity index (χ2n) is 3.88. The van der Waals surface area contributed by atoms with E-state index < -0.39 is 18.8 Å². The van der Waals surface area contributed by atoms with Gasteiger partial charge in [0.1, 0.15) is 12.2 Å². The van der Waals surface area contributed by atoms with E-state index in [1.807, 2.05) is 0 Å². The molecule has 0 radical (unpaired) electrons. The molecule has 18 heavy (non-hydrogen) atoms. The summed E-state index contributed by atoms with van der Waals surface area (Å²) >= 11 is 1.08. The number of nitrogens with one attached hydrogen (secondary N) is 1. The lowest BCUT2D eigenvalue weighted by molar-refractivity contribution is -0.0152. The summed E-state index contributed by atoms with van der Waals surface area (Å²) in [5.74, 6) is 0. The van der Waals surface area contributed by atoms with Gasteiger partial charge in [0.05, 0.1) is 12.3 Å². The topological polar surface area (TPSA) is 93.6 Å². The van der Waals surface area contributed by atoms with Gasteiger partial charge in [-0.1, -0.05) is 35.6 Å². The molecule has 0 saturated carbocycles. The second-order valence-corrected chi connectivity index (χ2v) is 4.72. The number of aromatic amines is 1. The van der Waals surface area contributed by atoms with E-state index in [2.05, 4.69) is 4.98 Å². The summed E-state index contributed by atoms with van der Waals surface area (Å²) in [5.41, 5.74) is 2.05. The molecule has 1 aromatic heterocycles. The first-order valence-electron chi connectivity index (χ1n) is 5.37. The van der Waals surface area contributed by atoms with Crippen molar-refractivity contribution in [3.63, 3.8) is 0 Å². The van der Waals surface area contributed by atoms with Crippen LogP contribution in [0.4, 0.5) is 0 Å². The molecule has 96 valence electrons. The maximum atomic E-state index is 11.0. The Bertz CT molecular complexity index is 560. The summed E-state index contributed by atoms with van der Waals surface area (Å²) in [6, 6.07) is 6.77. The van der Waals surface area contributed by atoms with Crippen molar-refractivity contribution in [3.05, 3.63) is 44.9 Å². The summed E-state index contributed by atoms with van der Waals surface area (Å²) in [7, 11) is 0. The number of aromatic nitrogens is 1. The fourth-order valence-corrected chi connectivity index (χ4v) is 2.19. The Hall–Kier alpha value is -1.47. The fraction of sp³-hybridized carbons (Fsp3) is 0.250. The molecule has 0 spiro atoms. The highest BCUT2D eigenvalue weighted by Crippen LogP contribution is 2.22. The molecule has 1 heterocycles. The van der Waals surface area contributed by atoms with Crippen molar-refractivity contribution >= 4 is 11.3 Å². The quantitative estimate of drug-likeness (QED) is 0.648. The number of thiazole rings is 1. The van der Waals surface area contributed by atoms with Gasteiger partial charge in [-0.05, 0) is 11.1 Å². The number of benzene rings is 1. The van der Waals surface area contributed by atoms with E-state index in [-0.39, 0.29) is 4.87 Å². The van der Waals surface area contributed by atoms with Gasteiger partial charge in [0, 0.05) is 5.38 Å². The monoisotopic (exact) mass is 267 g/mol. The molecule has 0 bridgehead atoms. The molecule has 0 saturated heterocycles. The van der Waals surface area contributed by atoms with E-state index in [4.69, 9.17) is 5.11 Å². The lowest BCUT2D eigenvalue weighted by Gasteiger charge is -2.15. The summed E-state index contributed by atoms with van der Waals surface area (Å²) in [6.07, 6.45) is -2.32. The lowest BCUT2D eigenvalue weighted by atomic mass is 10.0. The van der Waals surface area contributed by atoms with Crippen LogP contribution in [0.5, 0.6) is 0 Å². The number of hydrogen-bond acceptors (Lipinski definition) is 5. The molecule has 2 rings (SSSR count). The number of hydrogen-bond donors (Lipinski definition) is 4. The van der Waals surface area contributed by atoms with E-state index in [0.717, 1.165) is 16.9 Å². The van der Waals surface area contributed by atoms with Crippen molar-refractivity contribution in [2.45, 2.75) is 12.2 Å². The predicted octanol–water partition coefficient (Wildman–Crippen LogP) is 0.490. The number of aliphatic hydroxyl groups is 3. The van der Waals surface area contributed by atoms with Crippen LogP contribution in [0.1, 0.15) is 11.7 Å². The molecule has 2 atom stereocenters. The van der Waals surface area contributed by atoms with Gasteiger partial charge < -0.3 is 20.3 Å². The Morgan fingerprint density at radius 2 is 1.89 bits per heavy atom. The van der Waals surface area contributed by atoms with Gasteiger partial charge in [-0.3, -0.25) is 4.79 Å². The van der Waals surface area contributed by atoms with Crippen molar-refractivity contribution in [2.24, 2.45) is 0 Å². The van der Waals surface area contributed by atoms with Crippen LogP contribution in [0.25, 0.3) is 11.3 Å². The second kappa shape index (κ2) is 5.45. The van der Waals surface area contributed by atoms with Gasteiger partial charge in [-0.25, -0.2) is 0 Å². The van der Waals surface area contributed by atoms with Crippen molar-refractivity contribution in [2.75, 3.05) is 6.61 Å². The van der Waals surface area contributed by atoms with Crippen LogP contribution in [-0.4, -0.2) is 33.0 Å². The Kier molecular flexibility index (Phi) is 3.93. The molecule has 0 aliphatic heterocycles. The van der Waals surface area contributed by atoms with Crippen molar-refractivity contribution in [3.8, 4) is 11.3 Å². The summed E-state index contributed by atoms with van der Waals surface area (Å²) < 4.78 is 0. The van der Waals surface area contributed by atoms with Gasteiger partial charge >= 0.3 is 4.87 Å². The molecule has 0 aliphatic carbocycles. The zero-order valence-electron chi connectivity index (χ0n) is 9.41. The normalized spacial score (nSPS) is 14.4. The molecule has 0 aliphatic rings. The molecule has 4 N–H and O–H groups in total. The fourth-order valence-electron chi connectivity index (χ4n) is 1.60. The Morgan fingerprint density at radius 1 is 1.22 bits per heavy atom. The van der Waals surface area contributed by atoms with Crippen LogP contribution in [0.2, 0.25) is 0 Å². The van der Waals surface area contributed by atoms with Crippen LogP contribution in [0.15, 0.2) is 34.4 Å². The minimum absolute atomic E-state index is 0.121. The molecule has 0 amide bonds. The molecule has 2 aromatic rings. The van der Waals surface area contributed by atoms with Crippen molar-refractivity contribution in [1.82, 2.24) is 4.98 Å². The molecule has 6 heteroatoms. The predicted molar refractivity (Wildman–Crippen MR) is 68.4 cm³/mol. The van der Waals surface area contributed by atoms with E-state index in [1.165, 1.54) is 0 Å². The maximum Gasteiger partial charge on any atom is 0.304 e. The average Bonchev–Trinajstić information content (AvgIpc) is 2.84. The average molecular weight is 267 g/mol. The first-order chi connectivity index (χ1) is 8.61. The van der Waals surface area contributed by atoms with E-state index in [0.29, 0.717) is 11.3 Å².